The summed E-state index contributed by atoms with van der Waals surface area (Å²) in [6, 6.07) is 4.93. The number of benzene rings is 1. The van der Waals surface area contributed by atoms with E-state index in [4.69, 9.17) is 0 Å². The molecule has 0 N–H and O–H groups in total. The maximum atomic E-state index is 3.98. The van der Waals surface area contributed by atoms with E-state index in [0.29, 0.717) is 5.41 Å². The minimum Gasteiger partial charge on any atom is -0.0985 e. The van der Waals surface area contributed by atoms with Gasteiger partial charge >= 0.3 is 0 Å². The Morgan fingerprint density at radius 1 is 1.18 bits per heavy atom. The lowest BCUT2D eigenvalue weighted by Crippen LogP contribution is -2.41. The predicted octanol–water partition coefficient (Wildman–Crippen LogP) is 6.13. The Kier molecular flexibility index (Phi) is 3.29. The van der Waals surface area contributed by atoms with E-state index in [0.717, 1.165) is 23.7 Å². The average molecular weight is 294 g/mol. The highest BCUT2D eigenvalue weighted by Gasteiger charge is 2.53. The van der Waals surface area contributed by atoms with Gasteiger partial charge in [0.2, 0.25) is 0 Å². The van der Waals surface area contributed by atoms with E-state index in [2.05, 4.69) is 39.5 Å². The molecule has 0 heteroatoms. The molecular formula is C22H30. The van der Waals surface area contributed by atoms with E-state index in [-0.39, 0.29) is 0 Å². The van der Waals surface area contributed by atoms with Gasteiger partial charge in [0.15, 0.2) is 0 Å². The molecule has 0 aromatic heterocycles. The molecule has 0 radical (unpaired) electrons. The van der Waals surface area contributed by atoms with Gasteiger partial charge < -0.3 is 0 Å². The Morgan fingerprint density at radius 2 is 2.00 bits per heavy atom. The number of aryl methyl sites for hydroxylation is 2. The van der Waals surface area contributed by atoms with Crippen LogP contribution in [0.5, 0.6) is 0 Å². The molecule has 2 saturated carbocycles. The fourth-order valence-electron chi connectivity index (χ4n) is 6.24. The SMILES string of the molecule is C=Cc1cc2c(cc1C)C1CCC3(C)C(C)CCC3C1CC2. The number of hydrogen-bond donors (Lipinski definition) is 0. The Morgan fingerprint density at radius 3 is 2.77 bits per heavy atom. The summed E-state index contributed by atoms with van der Waals surface area (Å²) in [6.45, 7) is 11.4. The molecule has 118 valence electrons. The number of fused-ring (bicyclic) bond motifs is 5. The lowest BCUT2D eigenvalue weighted by Gasteiger charge is -2.50. The standard InChI is InChI=1S/C22H30/c1-5-16-13-17-7-8-19-18(20(17)12-14(16)2)10-11-22(4)15(3)6-9-21(19)22/h5,12-13,15,18-19,21H,1,6-11H2,2-4H3. The van der Waals surface area contributed by atoms with Crippen molar-refractivity contribution in [3.8, 4) is 0 Å². The first-order valence-corrected chi connectivity index (χ1v) is 9.30. The Hall–Kier alpha value is -1.04. The first kappa shape index (κ1) is 14.5. The van der Waals surface area contributed by atoms with Gasteiger partial charge in [-0.25, -0.2) is 0 Å². The molecule has 22 heavy (non-hydrogen) atoms. The van der Waals surface area contributed by atoms with Crippen molar-refractivity contribution in [2.24, 2.45) is 23.2 Å². The molecule has 0 aliphatic heterocycles. The summed E-state index contributed by atoms with van der Waals surface area (Å²) in [7, 11) is 0. The molecule has 0 bridgehead atoms. The van der Waals surface area contributed by atoms with E-state index >= 15 is 0 Å². The molecule has 5 unspecified atom stereocenters. The molecule has 0 heterocycles. The van der Waals surface area contributed by atoms with Crippen molar-refractivity contribution < 1.29 is 0 Å². The highest BCUT2D eigenvalue weighted by atomic mass is 14.6. The zero-order chi connectivity index (χ0) is 15.5. The van der Waals surface area contributed by atoms with E-state index < -0.39 is 0 Å². The van der Waals surface area contributed by atoms with Crippen LogP contribution < -0.4 is 0 Å². The number of rotatable bonds is 1. The molecule has 0 spiro atoms. The third-order valence-corrected chi connectivity index (χ3v) is 7.81. The van der Waals surface area contributed by atoms with Crippen LogP contribution in [0, 0.1) is 30.1 Å². The van der Waals surface area contributed by atoms with Gasteiger partial charge in [0.05, 0.1) is 0 Å². The van der Waals surface area contributed by atoms with Crippen LogP contribution in [0.25, 0.3) is 6.08 Å². The molecule has 0 amide bonds. The Labute approximate surface area is 136 Å². The predicted molar refractivity (Wildman–Crippen MR) is 95.1 cm³/mol. The normalized spacial score (nSPS) is 39.8. The summed E-state index contributed by atoms with van der Waals surface area (Å²) in [5.74, 6) is 3.70. The minimum atomic E-state index is 0.634. The average Bonchev–Trinajstić information content (AvgIpc) is 2.82. The van der Waals surface area contributed by atoms with Gasteiger partial charge in [0.25, 0.3) is 0 Å². The van der Waals surface area contributed by atoms with Gasteiger partial charge in [0, 0.05) is 0 Å². The quantitative estimate of drug-likeness (QED) is 0.584. The summed E-state index contributed by atoms with van der Waals surface area (Å²) in [5.41, 5.74) is 6.71. The maximum absolute atomic E-state index is 3.98. The fourth-order valence-corrected chi connectivity index (χ4v) is 6.24. The molecule has 3 aliphatic carbocycles. The van der Waals surface area contributed by atoms with Gasteiger partial charge in [-0.15, -0.1) is 0 Å². The highest BCUT2D eigenvalue weighted by molar-refractivity contribution is 5.56. The lowest BCUT2D eigenvalue weighted by atomic mass is 9.54. The van der Waals surface area contributed by atoms with Crippen molar-refractivity contribution >= 4 is 6.08 Å². The van der Waals surface area contributed by atoms with Crippen LogP contribution in [0.4, 0.5) is 0 Å². The second-order valence-corrected chi connectivity index (χ2v) is 8.55. The zero-order valence-electron chi connectivity index (χ0n) is 14.5. The molecule has 1 aromatic rings. The third-order valence-electron chi connectivity index (χ3n) is 7.81. The monoisotopic (exact) mass is 294 g/mol. The smallest absolute Gasteiger partial charge is 0.0128 e. The Balaban J connectivity index is 1.73. The topological polar surface area (TPSA) is 0 Å². The van der Waals surface area contributed by atoms with Crippen molar-refractivity contribution in [3.63, 3.8) is 0 Å². The van der Waals surface area contributed by atoms with Gasteiger partial charge in [-0.3, -0.25) is 0 Å². The van der Waals surface area contributed by atoms with Crippen molar-refractivity contribution in [1.82, 2.24) is 0 Å². The molecule has 0 saturated heterocycles. The maximum Gasteiger partial charge on any atom is -0.0128 e. The molecule has 5 atom stereocenters. The van der Waals surface area contributed by atoms with Crippen LogP contribution in [-0.4, -0.2) is 0 Å². The van der Waals surface area contributed by atoms with Crippen LogP contribution in [0.15, 0.2) is 18.7 Å². The molecule has 2 fully saturated rings. The third kappa shape index (κ3) is 1.88. The zero-order valence-corrected chi connectivity index (χ0v) is 14.5. The van der Waals surface area contributed by atoms with E-state index in [9.17, 15) is 0 Å². The van der Waals surface area contributed by atoms with Crippen LogP contribution in [0.2, 0.25) is 0 Å². The number of hydrogen-bond acceptors (Lipinski definition) is 0. The second-order valence-electron chi connectivity index (χ2n) is 8.55. The molecule has 4 rings (SSSR count). The molecular weight excluding hydrogens is 264 g/mol. The van der Waals surface area contributed by atoms with Gasteiger partial charge in [-0.1, -0.05) is 38.6 Å². The van der Waals surface area contributed by atoms with Gasteiger partial charge in [-0.05, 0) is 96.8 Å². The first-order chi connectivity index (χ1) is 10.5. The largest absolute Gasteiger partial charge is 0.0985 e. The van der Waals surface area contributed by atoms with Crippen LogP contribution in [-0.2, 0) is 6.42 Å². The van der Waals surface area contributed by atoms with Crippen molar-refractivity contribution in [1.29, 1.82) is 0 Å². The van der Waals surface area contributed by atoms with Crippen LogP contribution >= 0.6 is 0 Å². The summed E-state index contributed by atoms with van der Waals surface area (Å²) in [4.78, 5) is 0. The Bertz CT molecular complexity index is 611. The first-order valence-electron chi connectivity index (χ1n) is 9.30. The highest BCUT2D eigenvalue weighted by Crippen LogP contribution is 2.62. The van der Waals surface area contributed by atoms with E-state index in [1.54, 1.807) is 11.1 Å². The fraction of sp³-hybridized carbons (Fsp3) is 0.636. The van der Waals surface area contributed by atoms with Crippen molar-refractivity contribution in [2.45, 2.75) is 65.2 Å². The van der Waals surface area contributed by atoms with E-state index in [1.165, 1.54) is 49.7 Å². The summed E-state index contributed by atoms with van der Waals surface area (Å²) < 4.78 is 0. The van der Waals surface area contributed by atoms with Gasteiger partial charge in [-0.2, -0.15) is 0 Å². The molecule has 0 nitrogen and oxygen atoms in total. The van der Waals surface area contributed by atoms with Crippen molar-refractivity contribution in [3.05, 3.63) is 41.0 Å². The molecule has 3 aliphatic rings. The second kappa shape index (κ2) is 4.98. The minimum absolute atomic E-state index is 0.634. The summed E-state index contributed by atoms with van der Waals surface area (Å²) >= 11 is 0. The van der Waals surface area contributed by atoms with Crippen LogP contribution in [0.1, 0.15) is 74.1 Å². The summed E-state index contributed by atoms with van der Waals surface area (Å²) in [5, 5.41) is 0. The van der Waals surface area contributed by atoms with Crippen molar-refractivity contribution in [2.75, 3.05) is 0 Å². The molecule has 1 aromatic carbocycles. The van der Waals surface area contributed by atoms with E-state index in [1.807, 2.05) is 6.08 Å². The van der Waals surface area contributed by atoms with Crippen LogP contribution in [0.3, 0.4) is 0 Å². The summed E-state index contributed by atoms with van der Waals surface area (Å²) in [6.07, 6.45) is 10.5. The lowest BCUT2D eigenvalue weighted by molar-refractivity contribution is 0.0336. The van der Waals surface area contributed by atoms with Gasteiger partial charge in [0.1, 0.15) is 0 Å².